The molecule has 3 heterocycles. The predicted molar refractivity (Wildman–Crippen MR) is 211 cm³/mol. The zero-order valence-corrected chi connectivity index (χ0v) is 31.7. The summed E-state index contributed by atoms with van der Waals surface area (Å²) in [6.07, 6.45) is 3.66. The third-order valence-corrected chi connectivity index (χ3v) is 11.8. The molecule has 56 heavy (non-hydrogen) atoms. The zero-order valence-electron chi connectivity index (χ0n) is 31.7. The van der Waals surface area contributed by atoms with Crippen molar-refractivity contribution in [2.75, 3.05) is 23.7 Å². The summed E-state index contributed by atoms with van der Waals surface area (Å²) in [5, 5.41) is 29.0. The number of phenols is 2. The summed E-state index contributed by atoms with van der Waals surface area (Å²) in [6, 6.07) is 31.3. The standard InChI is InChI=1S/C20H22N2O2.C15H15NO4.C9H12N2O/c1-20(14-5-3-2-4-6-14)11-17(20)19(24)21-12-15-9-13-7-8-16(23)10-18(13)22-15;1-15(10-5-3-2-4-6-10)9-11(15)14(19)20-16-12(17)7-8-13(16)18;10-5-7-3-6-1-2-8(12)4-9(6)11-7/h2-8,10,15,17,22-23H,9,11-12H2,1H3,(H,21,24);2-6,11H,7-9H2,1H3;1-2,4,7,11-12H,3,5,10H2/t15-,17-,20-;11-,15-;7-/m000/s1. The van der Waals surface area contributed by atoms with Crippen LogP contribution in [0.2, 0.25) is 0 Å². The van der Waals surface area contributed by atoms with E-state index in [1.807, 2.05) is 67.6 Å². The first kappa shape index (κ1) is 38.4. The van der Waals surface area contributed by atoms with Gasteiger partial charge in [-0.3, -0.25) is 14.4 Å². The molecule has 0 bridgehead atoms. The van der Waals surface area contributed by atoms with E-state index in [2.05, 4.69) is 35.0 Å². The molecule has 2 aliphatic carbocycles. The Labute approximate surface area is 326 Å². The number of hydrogen-bond donors (Lipinski definition) is 6. The molecule has 12 nitrogen and oxygen atoms in total. The average molecular weight is 760 g/mol. The van der Waals surface area contributed by atoms with E-state index in [4.69, 9.17) is 10.6 Å². The maximum atomic E-state index is 12.5. The van der Waals surface area contributed by atoms with Crippen molar-refractivity contribution >= 4 is 35.1 Å². The second kappa shape index (κ2) is 15.7. The molecule has 3 aliphatic heterocycles. The van der Waals surface area contributed by atoms with Gasteiger partial charge in [0.25, 0.3) is 11.8 Å². The number of fused-ring (bicyclic) bond motifs is 2. The van der Waals surface area contributed by atoms with Crippen molar-refractivity contribution < 1.29 is 34.2 Å². The van der Waals surface area contributed by atoms with E-state index in [0.29, 0.717) is 36.4 Å². The van der Waals surface area contributed by atoms with E-state index < -0.39 is 17.8 Å². The molecule has 9 rings (SSSR count). The Morgan fingerprint density at radius 3 is 1.77 bits per heavy atom. The quantitative estimate of drug-likeness (QED) is 0.133. The highest BCUT2D eigenvalue weighted by Crippen LogP contribution is 2.55. The van der Waals surface area contributed by atoms with Gasteiger partial charge in [-0.15, -0.1) is 5.06 Å². The zero-order chi connectivity index (χ0) is 39.6. The molecule has 7 N–H and O–H groups in total. The summed E-state index contributed by atoms with van der Waals surface area (Å²) in [5.74, 6) is -0.905. The Balaban J connectivity index is 0.000000136. The van der Waals surface area contributed by atoms with Crippen LogP contribution in [0.4, 0.5) is 11.4 Å². The number of nitrogens with one attached hydrogen (secondary N) is 3. The number of anilines is 2. The first-order valence-corrected chi connectivity index (χ1v) is 19.2. The van der Waals surface area contributed by atoms with Gasteiger partial charge in [-0.1, -0.05) is 86.6 Å². The van der Waals surface area contributed by atoms with Crippen molar-refractivity contribution in [1.29, 1.82) is 0 Å². The number of nitrogens with zero attached hydrogens (tertiary/aromatic N) is 1. The highest BCUT2D eigenvalue weighted by Gasteiger charge is 2.58. The largest absolute Gasteiger partial charge is 0.508 e. The molecular weight excluding hydrogens is 711 g/mol. The second-order valence-corrected chi connectivity index (χ2v) is 15.8. The van der Waals surface area contributed by atoms with Crippen LogP contribution in [0.3, 0.4) is 0 Å². The smallest absolute Gasteiger partial charge is 0.337 e. The molecule has 5 aliphatic rings. The predicted octanol–water partition coefficient (Wildman–Crippen LogP) is 5.08. The van der Waals surface area contributed by atoms with E-state index in [1.165, 1.54) is 16.7 Å². The first-order chi connectivity index (χ1) is 26.9. The van der Waals surface area contributed by atoms with Crippen molar-refractivity contribution in [2.24, 2.45) is 17.6 Å². The SMILES string of the molecule is C[C@@]1(c2ccccc2)C[C@H]1C(=O)NC[C@@H]1Cc2ccc(O)cc2N1.C[C@@]1(c2ccccc2)C[C@H]1C(=O)ON1C(=O)CCC1=O.NC[C@@H]1Cc2ccc(O)cc2N1. The number of aromatic hydroxyl groups is 2. The summed E-state index contributed by atoms with van der Waals surface area (Å²) in [7, 11) is 0. The number of nitrogens with two attached hydrogens (primary N) is 1. The lowest BCUT2D eigenvalue weighted by atomic mass is 9.95. The molecule has 0 unspecified atom stereocenters. The number of benzene rings is 4. The molecular formula is C44H49N5O7. The Morgan fingerprint density at radius 1 is 0.750 bits per heavy atom. The lowest BCUT2D eigenvalue weighted by Crippen LogP contribution is -2.37. The monoisotopic (exact) mass is 759 g/mol. The summed E-state index contributed by atoms with van der Waals surface area (Å²) in [6.45, 7) is 5.39. The van der Waals surface area contributed by atoms with Gasteiger partial charge in [-0.25, -0.2) is 4.79 Å². The van der Waals surface area contributed by atoms with Crippen LogP contribution >= 0.6 is 0 Å². The van der Waals surface area contributed by atoms with E-state index in [9.17, 15) is 29.4 Å². The molecule has 292 valence electrons. The third kappa shape index (κ3) is 8.20. The summed E-state index contributed by atoms with van der Waals surface area (Å²) >= 11 is 0. The number of carbonyl (C=O) groups is 4. The first-order valence-electron chi connectivity index (χ1n) is 19.2. The van der Waals surface area contributed by atoms with Gasteiger partial charge in [0, 0.05) is 78.3 Å². The van der Waals surface area contributed by atoms with Crippen molar-refractivity contribution in [3.8, 4) is 11.5 Å². The average Bonchev–Trinajstić information content (AvgIpc) is 3.89. The minimum Gasteiger partial charge on any atom is -0.508 e. The van der Waals surface area contributed by atoms with Gasteiger partial charge < -0.3 is 36.7 Å². The van der Waals surface area contributed by atoms with Crippen molar-refractivity contribution in [2.45, 2.75) is 75.3 Å². The van der Waals surface area contributed by atoms with Crippen LogP contribution in [-0.2, 0) is 47.7 Å². The number of amides is 3. The molecule has 6 atom stereocenters. The maximum Gasteiger partial charge on any atom is 0.337 e. The summed E-state index contributed by atoms with van der Waals surface area (Å²) in [4.78, 5) is 52.4. The Bertz CT molecular complexity index is 2100. The van der Waals surface area contributed by atoms with Crippen molar-refractivity contribution in [3.63, 3.8) is 0 Å². The Hall–Kier alpha value is -5.88. The molecule has 3 fully saturated rings. The topological polar surface area (TPSA) is 183 Å². The lowest BCUT2D eigenvalue weighted by Gasteiger charge is -2.15. The van der Waals surface area contributed by atoms with Gasteiger partial charge in [0.05, 0.1) is 5.92 Å². The van der Waals surface area contributed by atoms with Crippen LogP contribution in [-0.4, -0.2) is 64.1 Å². The highest BCUT2D eigenvalue weighted by molar-refractivity contribution is 6.01. The number of rotatable bonds is 8. The highest BCUT2D eigenvalue weighted by atomic mass is 16.7. The van der Waals surface area contributed by atoms with Crippen molar-refractivity contribution in [1.82, 2.24) is 10.4 Å². The van der Waals surface area contributed by atoms with Crippen LogP contribution in [0.15, 0.2) is 97.1 Å². The lowest BCUT2D eigenvalue weighted by molar-refractivity contribution is -0.198. The molecule has 0 radical (unpaired) electrons. The van der Waals surface area contributed by atoms with Crippen LogP contribution in [0.1, 0.15) is 61.8 Å². The van der Waals surface area contributed by atoms with Gasteiger partial charge in [0.15, 0.2) is 0 Å². The molecule has 2 saturated carbocycles. The van der Waals surface area contributed by atoms with E-state index in [0.717, 1.165) is 36.2 Å². The molecule has 4 aromatic rings. The fourth-order valence-electron chi connectivity index (χ4n) is 7.98. The van der Waals surface area contributed by atoms with Gasteiger partial charge in [-0.2, -0.15) is 0 Å². The third-order valence-electron chi connectivity index (χ3n) is 11.8. The van der Waals surface area contributed by atoms with Crippen LogP contribution in [0.5, 0.6) is 11.5 Å². The summed E-state index contributed by atoms with van der Waals surface area (Å²) < 4.78 is 0. The molecule has 12 heteroatoms. The van der Waals surface area contributed by atoms with Crippen molar-refractivity contribution in [3.05, 3.63) is 119 Å². The van der Waals surface area contributed by atoms with Crippen LogP contribution in [0, 0.1) is 11.8 Å². The minimum absolute atomic E-state index is 0.0246. The van der Waals surface area contributed by atoms with Gasteiger partial charge in [0.2, 0.25) is 5.91 Å². The fourth-order valence-corrected chi connectivity index (χ4v) is 7.98. The molecule has 0 aromatic heterocycles. The normalized spacial score (nSPS) is 26.2. The van der Waals surface area contributed by atoms with Gasteiger partial charge >= 0.3 is 5.97 Å². The Kier molecular flexibility index (Phi) is 10.8. The number of hydroxylamine groups is 2. The Morgan fingerprint density at radius 2 is 1.23 bits per heavy atom. The number of hydrogen-bond acceptors (Lipinski definition) is 10. The van der Waals surface area contributed by atoms with Crippen LogP contribution in [0.25, 0.3) is 0 Å². The molecule has 3 amide bonds. The summed E-state index contributed by atoms with van der Waals surface area (Å²) in [5.41, 5.74) is 12.0. The van der Waals surface area contributed by atoms with E-state index in [-0.39, 0.29) is 53.2 Å². The fraction of sp³-hybridized carbons (Fsp3) is 0.364. The van der Waals surface area contributed by atoms with Gasteiger partial charge in [0.1, 0.15) is 11.5 Å². The number of phenolic OH excluding ortho intramolecular Hbond substituents is 2. The number of imide groups is 1. The van der Waals surface area contributed by atoms with E-state index >= 15 is 0 Å². The minimum atomic E-state index is -0.500. The molecule has 4 aromatic carbocycles. The van der Waals surface area contributed by atoms with Crippen LogP contribution < -0.4 is 21.7 Å². The maximum absolute atomic E-state index is 12.5. The van der Waals surface area contributed by atoms with E-state index in [1.54, 1.807) is 24.3 Å². The number of carbonyl (C=O) groups excluding carboxylic acids is 4. The van der Waals surface area contributed by atoms with Gasteiger partial charge in [-0.05, 0) is 60.1 Å². The molecule has 0 spiro atoms. The molecule has 1 saturated heterocycles. The second-order valence-electron chi connectivity index (χ2n) is 15.8.